The number of pyridine rings is 1. The highest BCUT2D eigenvalue weighted by atomic mass is 32.2. The Morgan fingerprint density at radius 1 is 1.25 bits per heavy atom. The number of halogens is 2. The summed E-state index contributed by atoms with van der Waals surface area (Å²) in [6.07, 6.45) is 0. The second-order valence-electron chi connectivity index (χ2n) is 3.85. The van der Waals surface area contributed by atoms with Crippen LogP contribution in [-0.4, -0.2) is 10.9 Å². The summed E-state index contributed by atoms with van der Waals surface area (Å²) >= 11 is 1.29. The first-order valence-corrected chi connectivity index (χ1v) is 6.63. The van der Waals surface area contributed by atoms with E-state index in [1.165, 1.54) is 23.9 Å². The van der Waals surface area contributed by atoms with Crippen LogP contribution in [0.25, 0.3) is 0 Å². The van der Waals surface area contributed by atoms with Gasteiger partial charge in [-0.3, -0.25) is 10.2 Å². The maximum Gasteiger partial charge on any atom is 0.283 e. The van der Waals surface area contributed by atoms with Crippen LogP contribution in [0.1, 0.15) is 16.2 Å². The number of hydrogen-bond acceptors (Lipinski definition) is 4. The number of hydrazine groups is 1. The number of carbonyl (C=O) groups is 1. The number of hydrogen-bond donors (Lipinski definition) is 2. The highest BCUT2D eigenvalue weighted by Gasteiger charge is 2.07. The molecule has 2 aromatic rings. The molecular formula is C13H11F2N3OS. The Balaban J connectivity index is 2.07. The van der Waals surface area contributed by atoms with Crippen molar-refractivity contribution in [3.05, 3.63) is 59.4 Å². The average Bonchev–Trinajstić information content (AvgIpc) is 2.48. The molecule has 20 heavy (non-hydrogen) atoms. The summed E-state index contributed by atoms with van der Waals surface area (Å²) < 4.78 is 25.8. The molecule has 0 aliphatic rings. The Kier molecular flexibility index (Phi) is 4.65. The van der Waals surface area contributed by atoms with Gasteiger partial charge in [0.15, 0.2) is 11.6 Å². The molecule has 2 rings (SSSR count). The van der Waals surface area contributed by atoms with Crippen LogP contribution < -0.4 is 11.3 Å². The number of nitrogens with two attached hydrogens (primary N) is 1. The predicted molar refractivity (Wildman–Crippen MR) is 71.8 cm³/mol. The monoisotopic (exact) mass is 295 g/mol. The van der Waals surface area contributed by atoms with Crippen molar-refractivity contribution in [1.82, 2.24) is 10.4 Å². The number of benzene rings is 1. The fourth-order valence-electron chi connectivity index (χ4n) is 1.48. The van der Waals surface area contributed by atoms with Crippen molar-refractivity contribution in [3.8, 4) is 0 Å². The Hall–Kier alpha value is -1.99. The van der Waals surface area contributed by atoms with Crippen LogP contribution in [0.2, 0.25) is 0 Å². The molecule has 104 valence electrons. The van der Waals surface area contributed by atoms with E-state index in [0.717, 1.165) is 12.1 Å². The van der Waals surface area contributed by atoms with E-state index in [2.05, 4.69) is 4.98 Å². The van der Waals surface area contributed by atoms with E-state index >= 15 is 0 Å². The van der Waals surface area contributed by atoms with Gasteiger partial charge in [0.05, 0.1) is 5.69 Å². The van der Waals surface area contributed by atoms with Crippen molar-refractivity contribution >= 4 is 17.7 Å². The van der Waals surface area contributed by atoms with Crippen LogP contribution in [0.15, 0.2) is 41.3 Å². The molecule has 0 aliphatic heterocycles. The zero-order chi connectivity index (χ0) is 14.5. The van der Waals surface area contributed by atoms with Crippen molar-refractivity contribution in [2.24, 2.45) is 5.84 Å². The lowest BCUT2D eigenvalue weighted by Gasteiger charge is -2.04. The van der Waals surface area contributed by atoms with Crippen LogP contribution in [0.3, 0.4) is 0 Å². The maximum absolute atomic E-state index is 13.0. The SMILES string of the molecule is NNC(=O)c1cccc(CSc2ccc(F)c(F)c2)n1. The molecule has 7 heteroatoms. The fourth-order valence-corrected chi connectivity index (χ4v) is 2.31. The van der Waals surface area contributed by atoms with Crippen LogP contribution >= 0.6 is 11.8 Å². The first-order chi connectivity index (χ1) is 9.60. The topological polar surface area (TPSA) is 68.0 Å². The van der Waals surface area contributed by atoms with E-state index in [9.17, 15) is 13.6 Å². The summed E-state index contributed by atoms with van der Waals surface area (Å²) in [5.41, 5.74) is 2.84. The molecule has 1 aromatic carbocycles. The molecule has 1 aromatic heterocycles. The zero-order valence-electron chi connectivity index (χ0n) is 10.3. The zero-order valence-corrected chi connectivity index (χ0v) is 11.1. The average molecular weight is 295 g/mol. The third kappa shape index (κ3) is 3.52. The van der Waals surface area contributed by atoms with Crippen LogP contribution in [0.4, 0.5) is 8.78 Å². The maximum atomic E-state index is 13.0. The third-order valence-corrected chi connectivity index (χ3v) is 3.48. The smallest absolute Gasteiger partial charge is 0.283 e. The molecule has 0 spiro atoms. The second kappa shape index (κ2) is 6.44. The van der Waals surface area contributed by atoms with Gasteiger partial charge in [-0.05, 0) is 30.3 Å². The van der Waals surface area contributed by atoms with Crippen LogP contribution in [-0.2, 0) is 5.75 Å². The van der Waals surface area contributed by atoms with Gasteiger partial charge in [0.2, 0.25) is 0 Å². The lowest BCUT2D eigenvalue weighted by Crippen LogP contribution is -2.30. The largest absolute Gasteiger partial charge is 0.289 e. The van der Waals surface area contributed by atoms with Gasteiger partial charge in [-0.15, -0.1) is 11.8 Å². The number of carbonyl (C=O) groups excluding carboxylic acids is 1. The highest BCUT2D eigenvalue weighted by Crippen LogP contribution is 2.23. The molecule has 0 fully saturated rings. The van der Waals surface area contributed by atoms with Gasteiger partial charge in [0.25, 0.3) is 5.91 Å². The standard InChI is InChI=1S/C13H11F2N3OS/c14-10-5-4-9(6-11(10)15)20-7-8-2-1-3-12(17-8)13(19)18-16/h1-6H,7,16H2,(H,18,19). The normalized spacial score (nSPS) is 10.3. The molecular weight excluding hydrogens is 284 g/mol. The van der Waals surface area contributed by atoms with Crippen molar-refractivity contribution in [3.63, 3.8) is 0 Å². The van der Waals surface area contributed by atoms with E-state index in [0.29, 0.717) is 16.3 Å². The molecule has 0 aliphatic carbocycles. The highest BCUT2D eigenvalue weighted by molar-refractivity contribution is 7.98. The molecule has 0 radical (unpaired) electrons. The first-order valence-electron chi connectivity index (χ1n) is 5.65. The van der Waals surface area contributed by atoms with Crippen LogP contribution in [0.5, 0.6) is 0 Å². The summed E-state index contributed by atoms with van der Waals surface area (Å²) in [5.74, 6) is 3.20. The minimum Gasteiger partial charge on any atom is -0.289 e. The molecule has 0 saturated carbocycles. The molecule has 0 bridgehead atoms. The molecule has 0 saturated heterocycles. The Labute approximate surface area is 118 Å². The van der Waals surface area contributed by atoms with Crippen molar-refractivity contribution in [1.29, 1.82) is 0 Å². The van der Waals surface area contributed by atoms with Gasteiger partial charge in [0.1, 0.15) is 5.69 Å². The molecule has 1 heterocycles. The summed E-state index contributed by atoms with van der Waals surface area (Å²) in [5, 5.41) is 0. The number of nitrogen functional groups attached to an aromatic ring is 1. The third-order valence-electron chi connectivity index (χ3n) is 2.45. The minimum absolute atomic E-state index is 0.205. The predicted octanol–water partition coefficient (Wildman–Crippen LogP) is 2.26. The number of nitrogens with zero attached hydrogens (tertiary/aromatic N) is 1. The van der Waals surface area contributed by atoms with E-state index in [1.807, 2.05) is 5.43 Å². The van der Waals surface area contributed by atoms with Gasteiger partial charge in [-0.2, -0.15) is 0 Å². The number of nitrogens with one attached hydrogen (secondary N) is 1. The number of aromatic nitrogens is 1. The minimum atomic E-state index is -0.890. The van der Waals surface area contributed by atoms with Crippen molar-refractivity contribution < 1.29 is 13.6 Å². The second-order valence-corrected chi connectivity index (χ2v) is 4.90. The van der Waals surface area contributed by atoms with Crippen molar-refractivity contribution in [2.45, 2.75) is 10.6 Å². The molecule has 4 nitrogen and oxygen atoms in total. The van der Waals surface area contributed by atoms with E-state index < -0.39 is 17.5 Å². The van der Waals surface area contributed by atoms with Gasteiger partial charge >= 0.3 is 0 Å². The number of amides is 1. The molecule has 3 N–H and O–H groups in total. The Morgan fingerprint density at radius 3 is 2.75 bits per heavy atom. The quantitative estimate of drug-likeness (QED) is 0.393. The van der Waals surface area contributed by atoms with E-state index in [4.69, 9.17) is 5.84 Å². The van der Waals surface area contributed by atoms with Crippen molar-refractivity contribution in [2.75, 3.05) is 0 Å². The lowest BCUT2D eigenvalue weighted by molar-refractivity contribution is 0.0948. The Bertz CT molecular complexity index is 637. The first kappa shape index (κ1) is 14.4. The van der Waals surface area contributed by atoms with E-state index in [1.54, 1.807) is 12.1 Å². The van der Waals surface area contributed by atoms with E-state index in [-0.39, 0.29) is 5.69 Å². The Morgan fingerprint density at radius 2 is 2.05 bits per heavy atom. The fraction of sp³-hybridized carbons (Fsp3) is 0.0769. The lowest BCUT2D eigenvalue weighted by atomic mass is 10.3. The number of rotatable bonds is 4. The summed E-state index contributed by atoms with van der Waals surface area (Å²) in [6, 6.07) is 8.63. The molecule has 0 unspecified atom stereocenters. The molecule has 0 atom stereocenters. The van der Waals surface area contributed by atoms with Gasteiger partial charge < -0.3 is 0 Å². The van der Waals surface area contributed by atoms with Gasteiger partial charge in [-0.25, -0.2) is 19.6 Å². The number of thioether (sulfide) groups is 1. The summed E-state index contributed by atoms with van der Waals surface area (Å²) in [7, 11) is 0. The van der Waals surface area contributed by atoms with Gasteiger partial charge in [0, 0.05) is 10.6 Å². The van der Waals surface area contributed by atoms with Crippen LogP contribution in [0, 0.1) is 11.6 Å². The molecule has 1 amide bonds. The summed E-state index contributed by atoms with van der Waals surface area (Å²) in [6.45, 7) is 0. The van der Waals surface area contributed by atoms with Gasteiger partial charge in [-0.1, -0.05) is 6.07 Å². The summed E-state index contributed by atoms with van der Waals surface area (Å²) in [4.78, 5) is 16.0.